The highest BCUT2D eigenvalue weighted by atomic mass is 35.5. The largest absolute Gasteiger partial charge is 0.495 e. The molecule has 0 aromatic heterocycles. The topological polar surface area (TPSA) is 58.6 Å². The van der Waals surface area contributed by atoms with E-state index in [0.717, 1.165) is 0 Å². The van der Waals surface area contributed by atoms with Gasteiger partial charge in [-0.25, -0.2) is 0 Å². The van der Waals surface area contributed by atoms with Gasteiger partial charge in [0.15, 0.2) is 0 Å². The van der Waals surface area contributed by atoms with Gasteiger partial charge in [-0.2, -0.15) is 0 Å². The van der Waals surface area contributed by atoms with Crippen LogP contribution in [-0.4, -0.2) is 43.5 Å². The van der Waals surface area contributed by atoms with Crippen molar-refractivity contribution in [2.45, 2.75) is 0 Å². The maximum absolute atomic E-state index is 12.4. The number of nitrogens with zero attached hydrogens (tertiary/aromatic N) is 1. The van der Waals surface area contributed by atoms with Crippen molar-refractivity contribution in [1.82, 2.24) is 10.2 Å². The first kappa shape index (κ1) is 13.2. The van der Waals surface area contributed by atoms with Crippen LogP contribution in [0.3, 0.4) is 0 Å². The molecule has 2 atom stereocenters. The average molecular weight is 295 g/mol. The number of carbonyl (C=O) groups is 2. The molecule has 5 nitrogen and oxygen atoms in total. The lowest BCUT2D eigenvalue weighted by molar-refractivity contribution is -0.122. The van der Waals surface area contributed by atoms with Crippen LogP contribution in [0.5, 0.6) is 5.75 Å². The lowest BCUT2D eigenvalue weighted by Crippen LogP contribution is -2.33. The number of hydrogen-bond donors (Lipinski definition) is 1. The summed E-state index contributed by atoms with van der Waals surface area (Å²) >= 11 is 6.04. The second-order valence-electron chi connectivity index (χ2n) is 5.17. The number of halogens is 1. The number of ether oxygens (including phenoxy) is 1. The molecule has 6 heteroatoms. The van der Waals surface area contributed by atoms with Gasteiger partial charge in [-0.1, -0.05) is 11.6 Å². The summed E-state index contributed by atoms with van der Waals surface area (Å²) in [6, 6.07) is 4.98. The monoisotopic (exact) mass is 294 g/mol. The van der Waals surface area contributed by atoms with Crippen LogP contribution >= 0.6 is 11.6 Å². The Balaban J connectivity index is 1.77. The fourth-order valence-electron chi connectivity index (χ4n) is 2.89. The zero-order valence-electron chi connectivity index (χ0n) is 11.1. The highest BCUT2D eigenvalue weighted by Gasteiger charge is 2.43. The van der Waals surface area contributed by atoms with Crippen LogP contribution in [0, 0.1) is 11.8 Å². The minimum absolute atomic E-state index is 0.0538. The van der Waals surface area contributed by atoms with E-state index in [2.05, 4.69) is 5.32 Å². The highest BCUT2D eigenvalue weighted by Crippen LogP contribution is 2.30. The molecule has 1 aromatic rings. The number of carbonyl (C=O) groups excluding carboxylic acids is 2. The standard InChI is InChI=1S/C14H15ClN2O3/c1-20-12-3-2-8(4-11(12)15)14(19)17-6-9-5-16-13(18)10(9)7-17/h2-4,9-10H,5-7H2,1H3,(H,16,18)/t9-,10+/m0/s1. The second kappa shape index (κ2) is 4.98. The first-order valence-electron chi connectivity index (χ1n) is 6.50. The molecule has 20 heavy (non-hydrogen) atoms. The van der Waals surface area contributed by atoms with Gasteiger partial charge >= 0.3 is 0 Å². The van der Waals surface area contributed by atoms with Crippen LogP contribution in [0.15, 0.2) is 18.2 Å². The molecule has 1 N–H and O–H groups in total. The van der Waals surface area contributed by atoms with Gasteiger partial charge in [0.1, 0.15) is 5.75 Å². The Morgan fingerprint density at radius 3 is 2.90 bits per heavy atom. The number of fused-ring (bicyclic) bond motifs is 1. The summed E-state index contributed by atoms with van der Waals surface area (Å²) in [6.07, 6.45) is 0. The molecule has 0 radical (unpaired) electrons. The van der Waals surface area contributed by atoms with Gasteiger partial charge in [0.2, 0.25) is 5.91 Å². The molecule has 106 valence electrons. The van der Waals surface area contributed by atoms with Crippen molar-refractivity contribution >= 4 is 23.4 Å². The molecular formula is C14H15ClN2O3. The van der Waals surface area contributed by atoms with Crippen molar-refractivity contribution in [3.8, 4) is 5.75 Å². The molecule has 2 heterocycles. The number of methoxy groups -OCH3 is 1. The average Bonchev–Trinajstić information content (AvgIpc) is 3.00. The SMILES string of the molecule is COc1ccc(C(=O)N2C[C@@H]3CNC(=O)[C@@H]3C2)cc1Cl. The number of benzene rings is 1. The van der Waals surface area contributed by atoms with Crippen molar-refractivity contribution in [1.29, 1.82) is 0 Å². The number of hydrogen-bond acceptors (Lipinski definition) is 3. The van der Waals surface area contributed by atoms with Crippen LogP contribution in [-0.2, 0) is 4.79 Å². The van der Waals surface area contributed by atoms with Gasteiger partial charge in [-0.3, -0.25) is 9.59 Å². The van der Waals surface area contributed by atoms with E-state index in [1.54, 1.807) is 23.1 Å². The van der Waals surface area contributed by atoms with Crippen LogP contribution in [0.1, 0.15) is 10.4 Å². The van der Waals surface area contributed by atoms with Crippen molar-refractivity contribution in [2.24, 2.45) is 11.8 Å². The van der Waals surface area contributed by atoms with Gasteiger partial charge in [0, 0.05) is 31.1 Å². The van der Waals surface area contributed by atoms with Crippen LogP contribution in [0.2, 0.25) is 5.02 Å². The molecule has 2 aliphatic heterocycles. The lowest BCUT2D eigenvalue weighted by Gasteiger charge is -2.17. The normalized spacial score (nSPS) is 24.5. The summed E-state index contributed by atoms with van der Waals surface area (Å²) in [6.45, 7) is 1.77. The van der Waals surface area contributed by atoms with Crippen molar-refractivity contribution in [2.75, 3.05) is 26.7 Å². The molecule has 0 spiro atoms. The Hall–Kier alpha value is -1.75. The molecule has 2 aliphatic rings. The Labute approximate surface area is 121 Å². The van der Waals surface area contributed by atoms with Crippen LogP contribution < -0.4 is 10.1 Å². The maximum atomic E-state index is 12.4. The molecule has 2 fully saturated rings. The maximum Gasteiger partial charge on any atom is 0.253 e. The summed E-state index contributed by atoms with van der Waals surface area (Å²) < 4.78 is 5.07. The smallest absolute Gasteiger partial charge is 0.253 e. The zero-order valence-corrected chi connectivity index (χ0v) is 11.8. The predicted molar refractivity (Wildman–Crippen MR) is 73.9 cm³/mol. The summed E-state index contributed by atoms with van der Waals surface area (Å²) in [5.41, 5.74) is 0.524. The van der Waals surface area contributed by atoms with Crippen molar-refractivity contribution < 1.29 is 14.3 Å². The molecule has 0 bridgehead atoms. The number of amides is 2. The first-order chi connectivity index (χ1) is 9.60. The summed E-state index contributed by atoms with van der Waals surface area (Å²) in [4.78, 5) is 25.8. The second-order valence-corrected chi connectivity index (χ2v) is 5.58. The van der Waals surface area contributed by atoms with E-state index in [9.17, 15) is 9.59 Å². The van der Waals surface area contributed by atoms with E-state index in [0.29, 0.717) is 36.0 Å². The van der Waals surface area contributed by atoms with E-state index in [4.69, 9.17) is 16.3 Å². The fourth-order valence-corrected chi connectivity index (χ4v) is 3.14. The lowest BCUT2D eigenvalue weighted by atomic mass is 10.0. The molecular weight excluding hydrogens is 280 g/mol. The van der Waals surface area contributed by atoms with Gasteiger partial charge in [-0.05, 0) is 18.2 Å². The third kappa shape index (κ3) is 2.12. The Morgan fingerprint density at radius 1 is 1.45 bits per heavy atom. The molecule has 2 saturated heterocycles. The number of likely N-dealkylation sites (tertiary alicyclic amines) is 1. The molecule has 2 amide bonds. The Kier molecular flexibility index (Phi) is 3.30. The predicted octanol–water partition coefficient (Wildman–Crippen LogP) is 1.17. The van der Waals surface area contributed by atoms with E-state index in [-0.39, 0.29) is 23.7 Å². The van der Waals surface area contributed by atoms with E-state index >= 15 is 0 Å². The third-order valence-corrected chi connectivity index (χ3v) is 4.30. The summed E-state index contributed by atoms with van der Waals surface area (Å²) in [7, 11) is 1.53. The first-order valence-corrected chi connectivity index (χ1v) is 6.88. The van der Waals surface area contributed by atoms with Gasteiger partial charge in [-0.15, -0.1) is 0 Å². The van der Waals surface area contributed by atoms with Crippen molar-refractivity contribution in [3.05, 3.63) is 28.8 Å². The van der Waals surface area contributed by atoms with Gasteiger partial charge in [0.05, 0.1) is 18.1 Å². The van der Waals surface area contributed by atoms with E-state index < -0.39 is 0 Å². The van der Waals surface area contributed by atoms with Crippen LogP contribution in [0.25, 0.3) is 0 Å². The van der Waals surface area contributed by atoms with Gasteiger partial charge in [0.25, 0.3) is 5.91 Å². The van der Waals surface area contributed by atoms with Gasteiger partial charge < -0.3 is 15.0 Å². The minimum atomic E-state index is -0.0863. The van der Waals surface area contributed by atoms with Crippen molar-refractivity contribution in [3.63, 3.8) is 0 Å². The molecule has 1 aromatic carbocycles. The quantitative estimate of drug-likeness (QED) is 0.891. The molecule has 3 rings (SSSR count). The highest BCUT2D eigenvalue weighted by molar-refractivity contribution is 6.32. The number of nitrogens with one attached hydrogen (secondary N) is 1. The minimum Gasteiger partial charge on any atom is -0.495 e. The molecule has 0 aliphatic carbocycles. The summed E-state index contributed by atoms with van der Waals surface area (Å²) in [5.74, 6) is 0.684. The summed E-state index contributed by atoms with van der Waals surface area (Å²) in [5, 5.41) is 3.24. The molecule has 0 saturated carbocycles. The number of rotatable bonds is 2. The fraction of sp³-hybridized carbons (Fsp3) is 0.429. The third-order valence-electron chi connectivity index (χ3n) is 4.00. The van der Waals surface area contributed by atoms with Crippen LogP contribution in [0.4, 0.5) is 0 Å². The Bertz CT molecular complexity index is 576. The van der Waals surface area contributed by atoms with E-state index in [1.807, 2.05) is 0 Å². The van der Waals surface area contributed by atoms with E-state index in [1.165, 1.54) is 7.11 Å². The zero-order chi connectivity index (χ0) is 14.3. The Morgan fingerprint density at radius 2 is 2.25 bits per heavy atom. The molecule has 0 unspecified atom stereocenters.